The number of benzene rings is 1. The summed E-state index contributed by atoms with van der Waals surface area (Å²) in [5.41, 5.74) is 1.97. The number of hydrogen-bond acceptors (Lipinski definition) is 2. The van der Waals surface area contributed by atoms with Crippen LogP contribution < -0.4 is 5.32 Å². The number of nitrogens with one attached hydrogen (secondary N) is 1. The minimum absolute atomic E-state index is 0.0164. The molecule has 3 unspecified atom stereocenters. The van der Waals surface area contributed by atoms with Crippen LogP contribution in [0.5, 0.6) is 0 Å². The molecule has 1 aliphatic heterocycles. The van der Waals surface area contributed by atoms with E-state index in [0.29, 0.717) is 12.5 Å². The van der Waals surface area contributed by atoms with Crippen molar-refractivity contribution in [3.05, 3.63) is 29.8 Å². The molecule has 4 heteroatoms. The lowest BCUT2D eigenvalue weighted by molar-refractivity contribution is -0.137. The molecule has 3 atom stereocenters. The molecule has 124 valence electrons. The van der Waals surface area contributed by atoms with Crippen molar-refractivity contribution in [3.8, 4) is 0 Å². The molecule has 1 heterocycles. The molecule has 1 aliphatic carbocycles. The highest BCUT2D eigenvalue weighted by Gasteiger charge is 2.50. The lowest BCUT2D eigenvalue weighted by atomic mass is 9.99. The van der Waals surface area contributed by atoms with E-state index in [-0.39, 0.29) is 23.7 Å². The monoisotopic (exact) mass is 314 g/mol. The molecule has 1 aromatic carbocycles. The third kappa shape index (κ3) is 3.57. The molecule has 1 saturated carbocycles. The van der Waals surface area contributed by atoms with Gasteiger partial charge in [0, 0.05) is 18.3 Å². The molecule has 23 heavy (non-hydrogen) atoms. The summed E-state index contributed by atoms with van der Waals surface area (Å²) < 4.78 is 0. The second-order valence-electron chi connectivity index (χ2n) is 6.89. The van der Waals surface area contributed by atoms with Gasteiger partial charge in [0.1, 0.15) is 0 Å². The van der Waals surface area contributed by atoms with Crippen LogP contribution in [0.2, 0.25) is 0 Å². The first-order valence-corrected chi connectivity index (χ1v) is 8.78. The van der Waals surface area contributed by atoms with Gasteiger partial charge in [-0.1, -0.05) is 24.6 Å². The Morgan fingerprint density at radius 3 is 2.61 bits per heavy atom. The molecule has 0 radical (unpaired) electrons. The Kier molecular flexibility index (Phi) is 4.69. The van der Waals surface area contributed by atoms with E-state index in [0.717, 1.165) is 37.1 Å². The number of nitrogens with zero attached hydrogens (tertiary/aromatic N) is 1. The van der Waals surface area contributed by atoms with Gasteiger partial charge in [-0.15, -0.1) is 0 Å². The molecule has 3 rings (SSSR count). The first kappa shape index (κ1) is 16.0. The van der Waals surface area contributed by atoms with E-state index in [1.807, 2.05) is 36.1 Å². The lowest BCUT2D eigenvalue weighted by Gasteiger charge is -2.35. The van der Waals surface area contributed by atoms with E-state index in [1.165, 1.54) is 6.42 Å². The van der Waals surface area contributed by atoms with Gasteiger partial charge < -0.3 is 10.2 Å². The standard InChI is InChI=1S/C19H26N2O2/c1-3-15-6-4-5-11-21(15)19(23)17-12-16(17)18(22)20-14-9-7-13(2)8-10-14/h7-10,15-17H,3-6,11-12H2,1-2H3,(H,20,22). The molecule has 0 spiro atoms. The number of hydrogen-bond donors (Lipinski definition) is 1. The van der Waals surface area contributed by atoms with Crippen LogP contribution >= 0.6 is 0 Å². The summed E-state index contributed by atoms with van der Waals surface area (Å²) in [4.78, 5) is 27.0. The molecule has 4 nitrogen and oxygen atoms in total. The Labute approximate surface area is 138 Å². The Morgan fingerprint density at radius 1 is 1.17 bits per heavy atom. The van der Waals surface area contributed by atoms with Crippen LogP contribution in [0.1, 0.15) is 44.6 Å². The predicted octanol–water partition coefficient (Wildman–Crippen LogP) is 3.36. The summed E-state index contributed by atoms with van der Waals surface area (Å²) >= 11 is 0. The second-order valence-corrected chi connectivity index (χ2v) is 6.89. The van der Waals surface area contributed by atoms with Gasteiger partial charge in [0.15, 0.2) is 0 Å². The van der Waals surface area contributed by atoms with Crippen molar-refractivity contribution in [2.75, 3.05) is 11.9 Å². The summed E-state index contributed by atoms with van der Waals surface area (Å²) in [5, 5.41) is 2.93. The van der Waals surface area contributed by atoms with E-state index in [4.69, 9.17) is 0 Å². The number of likely N-dealkylation sites (tertiary alicyclic amines) is 1. The molecular formula is C19H26N2O2. The van der Waals surface area contributed by atoms with E-state index in [9.17, 15) is 9.59 Å². The summed E-state index contributed by atoms with van der Waals surface area (Å²) in [6, 6.07) is 8.14. The van der Waals surface area contributed by atoms with Crippen LogP contribution in [0.15, 0.2) is 24.3 Å². The van der Waals surface area contributed by atoms with Crippen molar-refractivity contribution in [1.82, 2.24) is 4.90 Å². The maximum Gasteiger partial charge on any atom is 0.228 e. The number of piperidine rings is 1. The zero-order valence-corrected chi connectivity index (χ0v) is 14.0. The lowest BCUT2D eigenvalue weighted by Crippen LogP contribution is -2.44. The fraction of sp³-hybridized carbons (Fsp3) is 0.579. The SMILES string of the molecule is CCC1CCCCN1C(=O)C1CC1C(=O)Nc1ccc(C)cc1. The zero-order valence-electron chi connectivity index (χ0n) is 14.0. The molecule has 2 aliphatic rings. The molecule has 2 amide bonds. The fourth-order valence-corrected chi connectivity index (χ4v) is 3.56. The van der Waals surface area contributed by atoms with Crippen LogP contribution in [-0.4, -0.2) is 29.3 Å². The van der Waals surface area contributed by atoms with E-state index < -0.39 is 0 Å². The third-order valence-electron chi connectivity index (χ3n) is 5.14. The molecule has 2 fully saturated rings. The van der Waals surface area contributed by atoms with E-state index in [1.54, 1.807) is 0 Å². The number of anilines is 1. The quantitative estimate of drug-likeness (QED) is 0.926. The number of carbonyl (C=O) groups excluding carboxylic acids is 2. The molecule has 0 aromatic heterocycles. The van der Waals surface area contributed by atoms with Crippen molar-refractivity contribution in [1.29, 1.82) is 0 Å². The Hall–Kier alpha value is -1.84. The van der Waals surface area contributed by atoms with Crippen LogP contribution in [0.4, 0.5) is 5.69 Å². The topological polar surface area (TPSA) is 49.4 Å². The largest absolute Gasteiger partial charge is 0.339 e. The average Bonchev–Trinajstić information content (AvgIpc) is 3.37. The van der Waals surface area contributed by atoms with Crippen molar-refractivity contribution in [2.24, 2.45) is 11.8 Å². The molecular weight excluding hydrogens is 288 g/mol. The maximum absolute atomic E-state index is 12.7. The van der Waals surface area contributed by atoms with Gasteiger partial charge in [0.25, 0.3) is 0 Å². The Bertz CT molecular complexity index is 582. The van der Waals surface area contributed by atoms with Crippen LogP contribution in [0.3, 0.4) is 0 Å². The third-order valence-corrected chi connectivity index (χ3v) is 5.14. The molecule has 0 bridgehead atoms. The number of amides is 2. The van der Waals surface area contributed by atoms with Gasteiger partial charge in [-0.05, 0) is 51.2 Å². The van der Waals surface area contributed by atoms with Gasteiger partial charge >= 0.3 is 0 Å². The van der Waals surface area contributed by atoms with Crippen molar-refractivity contribution in [2.45, 2.75) is 52.0 Å². The molecule has 1 N–H and O–H groups in total. The van der Waals surface area contributed by atoms with Gasteiger partial charge in [-0.25, -0.2) is 0 Å². The highest BCUT2D eigenvalue weighted by Crippen LogP contribution is 2.42. The second kappa shape index (κ2) is 6.73. The summed E-state index contributed by atoms with van der Waals surface area (Å²) in [6.07, 6.45) is 5.12. The highest BCUT2D eigenvalue weighted by molar-refractivity contribution is 5.99. The zero-order chi connectivity index (χ0) is 16.4. The van der Waals surface area contributed by atoms with Gasteiger partial charge in [-0.3, -0.25) is 9.59 Å². The van der Waals surface area contributed by atoms with Crippen LogP contribution in [0, 0.1) is 18.8 Å². The van der Waals surface area contributed by atoms with Crippen LogP contribution in [0.25, 0.3) is 0 Å². The first-order chi connectivity index (χ1) is 11.1. The smallest absolute Gasteiger partial charge is 0.228 e. The maximum atomic E-state index is 12.7. The highest BCUT2D eigenvalue weighted by atomic mass is 16.2. The van der Waals surface area contributed by atoms with Crippen molar-refractivity contribution >= 4 is 17.5 Å². The number of carbonyl (C=O) groups is 2. The van der Waals surface area contributed by atoms with Gasteiger partial charge in [0.2, 0.25) is 11.8 Å². The average molecular weight is 314 g/mol. The summed E-state index contributed by atoms with van der Waals surface area (Å²) in [5.74, 6) is -0.0753. The first-order valence-electron chi connectivity index (χ1n) is 8.78. The summed E-state index contributed by atoms with van der Waals surface area (Å²) in [7, 11) is 0. The van der Waals surface area contributed by atoms with Gasteiger partial charge in [0.05, 0.1) is 11.8 Å². The van der Waals surface area contributed by atoms with Crippen LogP contribution in [-0.2, 0) is 9.59 Å². The van der Waals surface area contributed by atoms with Crippen molar-refractivity contribution < 1.29 is 9.59 Å². The minimum Gasteiger partial charge on any atom is -0.339 e. The minimum atomic E-state index is -0.150. The molecule has 1 aromatic rings. The van der Waals surface area contributed by atoms with Crippen molar-refractivity contribution in [3.63, 3.8) is 0 Å². The normalized spacial score (nSPS) is 26.7. The fourth-order valence-electron chi connectivity index (χ4n) is 3.56. The Balaban J connectivity index is 1.56. The summed E-state index contributed by atoms with van der Waals surface area (Å²) in [6.45, 7) is 5.02. The number of rotatable bonds is 4. The van der Waals surface area contributed by atoms with E-state index in [2.05, 4.69) is 12.2 Å². The predicted molar refractivity (Wildman–Crippen MR) is 91.0 cm³/mol. The Morgan fingerprint density at radius 2 is 1.91 bits per heavy atom. The number of aryl methyl sites for hydroxylation is 1. The van der Waals surface area contributed by atoms with Gasteiger partial charge in [-0.2, -0.15) is 0 Å². The molecule has 1 saturated heterocycles. The van der Waals surface area contributed by atoms with E-state index >= 15 is 0 Å².